The van der Waals surface area contributed by atoms with E-state index < -0.39 is 0 Å². The highest BCUT2D eigenvalue weighted by atomic mass is 14.7. The summed E-state index contributed by atoms with van der Waals surface area (Å²) in [5, 5.41) is 0. The molecule has 0 unspecified atom stereocenters. The van der Waals surface area contributed by atoms with E-state index in [1.165, 1.54) is 6.21 Å². The highest BCUT2D eigenvalue weighted by molar-refractivity contribution is 5.82. The number of nitrogens with zero attached hydrogens (tertiary/aromatic N) is 2. The Labute approximate surface area is 126 Å². The van der Waals surface area contributed by atoms with Crippen molar-refractivity contribution < 1.29 is 0 Å². The predicted molar refractivity (Wildman–Crippen MR) is 90.0 cm³/mol. The molecule has 0 amide bonds. The van der Waals surface area contributed by atoms with Crippen LogP contribution in [0.25, 0.3) is 5.57 Å². The fraction of sp³-hybridized carbons (Fsp3) is 0.158. The van der Waals surface area contributed by atoms with E-state index in [4.69, 9.17) is 6.42 Å². The van der Waals surface area contributed by atoms with Crippen LogP contribution in [0.4, 0.5) is 5.69 Å². The summed E-state index contributed by atoms with van der Waals surface area (Å²) in [6.07, 6.45) is 6.65. The van der Waals surface area contributed by atoms with Crippen LogP contribution >= 0.6 is 0 Å². The SMILES string of the molecule is C#CC=Nc1ccc(C(=C)c2ccc(C)nc2C)cc1C. The first-order valence-electron chi connectivity index (χ1n) is 6.76. The third kappa shape index (κ3) is 3.27. The third-order valence-corrected chi connectivity index (χ3v) is 3.37. The van der Waals surface area contributed by atoms with Gasteiger partial charge in [-0.3, -0.25) is 4.98 Å². The second-order valence-corrected chi connectivity index (χ2v) is 4.99. The molecule has 0 spiro atoms. The summed E-state index contributed by atoms with van der Waals surface area (Å²) in [5.41, 5.74) is 7.06. The number of hydrogen-bond acceptors (Lipinski definition) is 2. The number of aryl methyl sites for hydroxylation is 3. The highest BCUT2D eigenvalue weighted by Gasteiger charge is 2.08. The fourth-order valence-corrected chi connectivity index (χ4v) is 2.26. The molecule has 1 aromatic carbocycles. The largest absolute Gasteiger partial charge is 0.258 e. The van der Waals surface area contributed by atoms with Crippen molar-refractivity contribution in [1.82, 2.24) is 4.98 Å². The number of pyridine rings is 1. The van der Waals surface area contributed by atoms with Crippen molar-refractivity contribution in [3.63, 3.8) is 0 Å². The Morgan fingerprint density at radius 3 is 2.62 bits per heavy atom. The van der Waals surface area contributed by atoms with Crippen LogP contribution in [0.3, 0.4) is 0 Å². The standard InChI is InChI=1S/C19H18N2/c1-6-11-20-19-10-8-17(12-13(19)2)15(4)18-9-7-14(3)21-16(18)5/h1,7-12H,4H2,2-3,5H3. The van der Waals surface area contributed by atoms with Gasteiger partial charge < -0.3 is 0 Å². The molecule has 1 heterocycles. The van der Waals surface area contributed by atoms with Crippen molar-refractivity contribution in [2.24, 2.45) is 4.99 Å². The summed E-state index contributed by atoms with van der Waals surface area (Å²) in [6.45, 7) is 10.2. The lowest BCUT2D eigenvalue weighted by Gasteiger charge is -2.11. The van der Waals surface area contributed by atoms with E-state index in [1.807, 2.05) is 39.0 Å². The van der Waals surface area contributed by atoms with Gasteiger partial charge in [-0.1, -0.05) is 24.6 Å². The first-order chi connectivity index (χ1) is 10.0. The molecule has 0 aliphatic carbocycles. The van der Waals surface area contributed by atoms with E-state index in [0.717, 1.165) is 39.3 Å². The molecule has 2 aromatic rings. The Balaban J connectivity index is 2.38. The molecular weight excluding hydrogens is 256 g/mol. The van der Waals surface area contributed by atoms with Gasteiger partial charge in [0.2, 0.25) is 0 Å². The molecule has 2 heteroatoms. The summed E-state index contributed by atoms with van der Waals surface area (Å²) in [7, 11) is 0. The molecule has 104 valence electrons. The van der Waals surface area contributed by atoms with E-state index in [1.54, 1.807) is 0 Å². The minimum absolute atomic E-state index is 0.878. The van der Waals surface area contributed by atoms with Gasteiger partial charge in [-0.25, -0.2) is 4.99 Å². The van der Waals surface area contributed by atoms with Crippen molar-refractivity contribution in [1.29, 1.82) is 0 Å². The number of benzene rings is 1. The average Bonchev–Trinajstić information content (AvgIpc) is 2.45. The molecule has 2 nitrogen and oxygen atoms in total. The summed E-state index contributed by atoms with van der Waals surface area (Å²) in [5.74, 6) is 2.40. The van der Waals surface area contributed by atoms with Crippen LogP contribution in [-0.4, -0.2) is 11.2 Å². The third-order valence-electron chi connectivity index (χ3n) is 3.37. The Kier molecular flexibility index (Phi) is 4.35. The van der Waals surface area contributed by atoms with E-state index >= 15 is 0 Å². The molecule has 1 aromatic heterocycles. The number of terminal acetylenes is 1. The smallest absolute Gasteiger partial charge is 0.0771 e. The molecule has 0 saturated heterocycles. The maximum Gasteiger partial charge on any atom is 0.0771 e. The van der Waals surface area contributed by atoms with Gasteiger partial charge in [0.05, 0.1) is 11.9 Å². The Hall–Kier alpha value is -2.66. The van der Waals surface area contributed by atoms with E-state index in [2.05, 4.69) is 34.6 Å². The summed E-state index contributed by atoms with van der Waals surface area (Å²) < 4.78 is 0. The molecule has 0 atom stereocenters. The number of hydrogen-bond donors (Lipinski definition) is 0. The maximum absolute atomic E-state index is 5.19. The van der Waals surface area contributed by atoms with Gasteiger partial charge in [-0.15, -0.1) is 6.42 Å². The van der Waals surface area contributed by atoms with Crippen molar-refractivity contribution >= 4 is 17.5 Å². The Bertz CT molecular complexity index is 762. The second kappa shape index (κ2) is 6.19. The zero-order valence-corrected chi connectivity index (χ0v) is 12.6. The van der Waals surface area contributed by atoms with Crippen LogP contribution in [0.5, 0.6) is 0 Å². The van der Waals surface area contributed by atoms with Crippen LogP contribution in [0, 0.1) is 33.1 Å². The molecule has 0 N–H and O–H groups in total. The number of aliphatic imine (C=N–C) groups is 1. The molecule has 2 rings (SSSR count). The van der Waals surface area contributed by atoms with Crippen molar-refractivity contribution in [2.75, 3.05) is 0 Å². The molecule has 0 saturated carbocycles. The minimum Gasteiger partial charge on any atom is -0.258 e. The average molecular weight is 274 g/mol. The molecule has 0 aliphatic rings. The molecular formula is C19H18N2. The first-order valence-corrected chi connectivity index (χ1v) is 6.76. The van der Waals surface area contributed by atoms with E-state index in [0.29, 0.717) is 0 Å². The van der Waals surface area contributed by atoms with Crippen LogP contribution in [0.2, 0.25) is 0 Å². The van der Waals surface area contributed by atoms with Gasteiger partial charge in [-0.2, -0.15) is 0 Å². The Morgan fingerprint density at radius 1 is 1.24 bits per heavy atom. The summed E-state index contributed by atoms with van der Waals surface area (Å²) in [4.78, 5) is 8.72. The molecule has 0 aliphatic heterocycles. The van der Waals surface area contributed by atoms with Crippen molar-refractivity contribution in [3.8, 4) is 12.3 Å². The zero-order valence-electron chi connectivity index (χ0n) is 12.6. The lowest BCUT2D eigenvalue weighted by atomic mass is 9.96. The van der Waals surface area contributed by atoms with Gasteiger partial charge in [-0.05, 0) is 55.7 Å². The van der Waals surface area contributed by atoms with E-state index in [-0.39, 0.29) is 0 Å². The Morgan fingerprint density at radius 2 is 2.00 bits per heavy atom. The van der Waals surface area contributed by atoms with Crippen LogP contribution in [-0.2, 0) is 0 Å². The second-order valence-electron chi connectivity index (χ2n) is 4.99. The quantitative estimate of drug-likeness (QED) is 0.601. The highest BCUT2D eigenvalue weighted by Crippen LogP contribution is 2.28. The minimum atomic E-state index is 0.878. The normalized spacial score (nSPS) is 10.6. The monoisotopic (exact) mass is 274 g/mol. The molecule has 0 fully saturated rings. The van der Waals surface area contributed by atoms with E-state index in [9.17, 15) is 0 Å². The van der Waals surface area contributed by atoms with Crippen LogP contribution in [0.1, 0.15) is 28.1 Å². The van der Waals surface area contributed by atoms with Crippen LogP contribution < -0.4 is 0 Å². The van der Waals surface area contributed by atoms with Crippen molar-refractivity contribution in [3.05, 3.63) is 65.0 Å². The van der Waals surface area contributed by atoms with Crippen LogP contribution in [0.15, 0.2) is 41.9 Å². The first kappa shape index (κ1) is 14.7. The zero-order chi connectivity index (χ0) is 15.4. The van der Waals surface area contributed by atoms with Crippen molar-refractivity contribution in [2.45, 2.75) is 20.8 Å². The lowest BCUT2D eigenvalue weighted by Crippen LogP contribution is -1.95. The number of rotatable bonds is 3. The topological polar surface area (TPSA) is 25.2 Å². The maximum atomic E-state index is 5.19. The number of aromatic nitrogens is 1. The molecule has 0 radical (unpaired) electrons. The summed E-state index contributed by atoms with van der Waals surface area (Å²) >= 11 is 0. The summed E-state index contributed by atoms with van der Waals surface area (Å²) in [6, 6.07) is 10.1. The van der Waals surface area contributed by atoms with Gasteiger partial charge in [0.15, 0.2) is 0 Å². The van der Waals surface area contributed by atoms with Gasteiger partial charge in [0.25, 0.3) is 0 Å². The lowest BCUT2D eigenvalue weighted by molar-refractivity contribution is 1.11. The fourth-order valence-electron chi connectivity index (χ4n) is 2.26. The van der Waals surface area contributed by atoms with Gasteiger partial charge >= 0.3 is 0 Å². The van der Waals surface area contributed by atoms with Gasteiger partial charge in [0, 0.05) is 17.0 Å². The predicted octanol–water partition coefficient (Wildman–Crippen LogP) is 4.40. The molecule has 0 bridgehead atoms. The van der Waals surface area contributed by atoms with Gasteiger partial charge in [0.1, 0.15) is 0 Å². The molecule has 21 heavy (non-hydrogen) atoms.